The quantitative estimate of drug-likeness (QED) is 0.372. The fraction of sp³-hybridized carbons (Fsp3) is 0.227. The number of pyridine rings is 1. The van der Waals surface area contributed by atoms with Gasteiger partial charge in [0.25, 0.3) is 0 Å². The van der Waals surface area contributed by atoms with E-state index in [1.807, 2.05) is 43.3 Å². The third-order valence-corrected chi connectivity index (χ3v) is 5.29. The molecule has 1 N–H and O–H groups in total. The van der Waals surface area contributed by atoms with Crippen molar-refractivity contribution in [3.63, 3.8) is 0 Å². The van der Waals surface area contributed by atoms with Crippen LogP contribution in [0.1, 0.15) is 23.7 Å². The van der Waals surface area contributed by atoms with Crippen LogP contribution in [0, 0.1) is 0 Å². The Hall–Kier alpha value is -1.79. The van der Waals surface area contributed by atoms with Gasteiger partial charge in [-0.2, -0.15) is 0 Å². The van der Waals surface area contributed by atoms with Gasteiger partial charge in [-0.25, -0.2) is 0 Å². The van der Waals surface area contributed by atoms with E-state index in [4.69, 9.17) is 32.7 Å². The monoisotopic (exact) mass is 494 g/mol. The first-order valence-corrected chi connectivity index (χ1v) is 10.7. The fourth-order valence-electron chi connectivity index (χ4n) is 2.75. The van der Waals surface area contributed by atoms with Gasteiger partial charge in [-0.3, -0.25) is 4.98 Å². The number of rotatable bonds is 9. The van der Waals surface area contributed by atoms with Crippen LogP contribution in [-0.2, 0) is 19.7 Å². The smallest absolute Gasteiger partial charge is 0.175 e. The van der Waals surface area contributed by atoms with Gasteiger partial charge in [0, 0.05) is 34.9 Å². The molecule has 4 nitrogen and oxygen atoms in total. The first-order chi connectivity index (χ1) is 14.1. The van der Waals surface area contributed by atoms with E-state index in [2.05, 4.69) is 26.2 Å². The van der Waals surface area contributed by atoms with Crippen LogP contribution in [-0.4, -0.2) is 11.6 Å². The molecule has 0 unspecified atom stereocenters. The Kier molecular flexibility index (Phi) is 8.19. The van der Waals surface area contributed by atoms with Crippen LogP contribution in [0.4, 0.5) is 0 Å². The Balaban J connectivity index is 1.70. The summed E-state index contributed by atoms with van der Waals surface area (Å²) in [7, 11) is 0. The van der Waals surface area contributed by atoms with Crippen molar-refractivity contribution >= 4 is 39.1 Å². The molecule has 0 radical (unpaired) electrons. The van der Waals surface area contributed by atoms with Crippen molar-refractivity contribution in [1.29, 1.82) is 0 Å². The van der Waals surface area contributed by atoms with E-state index < -0.39 is 0 Å². The zero-order valence-corrected chi connectivity index (χ0v) is 19.0. The molecule has 7 heteroatoms. The van der Waals surface area contributed by atoms with Gasteiger partial charge in [0.15, 0.2) is 11.5 Å². The largest absolute Gasteiger partial charge is 0.490 e. The summed E-state index contributed by atoms with van der Waals surface area (Å²) in [6.07, 6.45) is 1.79. The highest BCUT2D eigenvalue weighted by Gasteiger charge is 2.13. The van der Waals surface area contributed by atoms with E-state index in [0.29, 0.717) is 47.8 Å². The van der Waals surface area contributed by atoms with Crippen LogP contribution >= 0.6 is 39.1 Å². The third kappa shape index (κ3) is 6.34. The Bertz CT molecular complexity index is 955. The second-order valence-corrected chi connectivity index (χ2v) is 7.98. The average Bonchev–Trinajstić information content (AvgIpc) is 2.70. The van der Waals surface area contributed by atoms with Crippen LogP contribution in [0.3, 0.4) is 0 Å². The molecule has 0 spiro atoms. The number of hydrogen-bond donors (Lipinski definition) is 1. The second-order valence-electron chi connectivity index (χ2n) is 6.29. The molecule has 0 saturated heterocycles. The number of aromatic nitrogens is 1. The number of nitrogens with one attached hydrogen (secondary N) is 1. The minimum atomic E-state index is 0.311. The summed E-state index contributed by atoms with van der Waals surface area (Å²) in [5.41, 5.74) is 2.93. The molecule has 0 amide bonds. The lowest BCUT2D eigenvalue weighted by Gasteiger charge is -2.16. The van der Waals surface area contributed by atoms with Gasteiger partial charge in [0.1, 0.15) is 6.61 Å². The van der Waals surface area contributed by atoms with E-state index in [1.54, 1.807) is 18.3 Å². The molecule has 0 saturated carbocycles. The van der Waals surface area contributed by atoms with Crippen molar-refractivity contribution in [2.45, 2.75) is 26.6 Å². The van der Waals surface area contributed by atoms with Crippen molar-refractivity contribution in [2.75, 3.05) is 6.61 Å². The van der Waals surface area contributed by atoms with Crippen molar-refractivity contribution in [2.24, 2.45) is 0 Å². The highest BCUT2D eigenvalue weighted by molar-refractivity contribution is 9.10. The average molecular weight is 496 g/mol. The Morgan fingerprint density at radius 1 is 1.03 bits per heavy atom. The topological polar surface area (TPSA) is 43.4 Å². The summed E-state index contributed by atoms with van der Waals surface area (Å²) in [4.78, 5) is 4.32. The number of benzene rings is 2. The minimum Gasteiger partial charge on any atom is -0.490 e. The maximum atomic E-state index is 6.25. The minimum absolute atomic E-state index is 0.311. The van der Waals surface area contributed by atoms with Gasteiger partial charge in [-0.05, 0) is 64.8 Å². The molecular formula is C22H21BrCl2N2O2. The molecule has 152 valence electrons. The number of ether oxygens (including phenoxy) is 2. The van der Waals surface area contributed by atoms with Gasteiger partial charge in [-0.15, -0.1) is 0 Å². The molecule has 0 fully saturated rings. The maximum Gasteiger partial charge on any atom is 0.175 e. The molecule has 0 aliphatic rings. The summed E-state index contributed by atoms with van der Waals surface area (Å²) >= 11 is 15.8. The molecule has 0 aliphatic heterocycles. The van der Waals surface area contributed by atoms with Crippen molar-refractivity contribution in [1.82, 2.24) is 10.3 Å². The summed E-state index contributed by atoms with van der Waals surface area (Å²) in [5, 5.41) is 4.56. The molecular weight excluding hydrogens is 475 g/mol. The Morgan fingerprint density at radius 2 is 1.90 bits per heavy atom. The van der Waals surface area contributed by atoms with Crippen LogP contribution in [0.15, 0.2) is 59.2 Å². The SMILES string of the molecule is CCOc1cc(CNCc2ccccn2)cc(Br)c1OCc1ccc(Cl)cc1Cl. The number of nitrogens with zero attached hydrogens (tertiary/aromatic N) is 1. The standard InChI is InChI=1S/C22H21BrCl2N2O2/c1-2-28-21-10-15(12-26-13-18-5-3-4-8-27-18)9-19(23)22(21)29-14-16-6-7-17(24)11-20(16)25/h3-11,26H,2,12-14H2,1H3. The van der Waals surface area contributed by atoms with Crippen LogP contribution in [0.25, 0.3) is 0 Å². The molecule has 0 aliphatic carbocycles. The lowest BCUT2D eigenvalue weighted by molar-refractivity contribution is 0.267. The predicted molar refractivity (Wildman–Crippen MR) is 121 cm³/mol. The number of hydrogen-bond acceptors (Lipinski definition) is 4. The highest BCUT2D eigenvalue weighted by Crippen LogP contribution is 2.38. The Morgan fingerprint density at radius 3 is 2.62 bits per heavy atom. The van der Waals surface area contributed by atoms with Gasteiger partial charge < -0.3 is 14.8 Å². The molecule has 3 rings (SSSR count). The lowest BCUT2D eigenvalue weighted by atomic mass is 10.2. The highest BCUT2D eigenvalue weighted by atomic mass is 79.9. The van der Waals surface area contributed by atoms with Crippen molar-refractivity contribution < 1.29 is 9.47 Å². The van der Waals surface area contributed by atoms with Crippen LogP contribution in [0.2, 0.25) is 10.0 Å². The van der Waals surface area contributed by atoms with Gasteiger partial charge in [0.05, 0.1) is 16.8 Å². The van der Waals surface area contributed by atoms with Gasteiger partial charge >= 0.3 is 0 Å². The summed E-state index contributed by atoms with van der Waals surface area (Å²) in [5.74, 6) is 1.33. The normalized spacial score (nSPS) is 10.8. The maximum absolute atomic E-state index is 6.25. The zero-order chi connectivity index (χ0) is 20.6. The molecule has 1 heterocycles. The fourth-order valence-corrected chi connectivity index (χ4v) is 3.82. The van der Waals surface area contributed by atoms with E-state index in [0.717, 1.165) is 21.3 Å². The molecule has 0 atom stereocenters. The lowest BCUT2D eigenvalue weighted by Crippen LogP contribution is -2.14. The second kappa shape index (κ2) is 10.8. The predicted octanol–water partition coefficient (Wildman–Crippen LogP) is 6.42. The van der Waals surface area contributed by atoms with Crippen molar-refractivity contribution in [3.05, 3.63) is 86.1 Å². The van der Waals surface area contributed by atoms with E-state index in [-0.39, 0.29) is 0 Å². The Labute approximate surface area is 189 Å². The van der Waals surface area contributed by atoms with Crippen LogP contribution < -0.4 is 14.8 Å². The molecule has 3 aromatic rings. The van der Waals surface area contributed by atoms with E-state index in [1.165, 1.54) is 0 Å². The third-order valence-electron chi connectivity index (χ3n) is 4.12. The van der Waals surface area contributed by atoms with Crippen LogP contribution in [0.5, 0.6) is 11.5 Å². The summed E-state index contributed by atoms with van der Waals surface area (Å²) in [6.45, 7) is 4.16. The van der Waals surface area contributed by atoms with E-state index >= 15 is 0 Å². The van der Waals surface area contributed by atoms with Gasteiger partial charge in [-0.1, -0.05) is 35.3 Å². The van der Waals surface area contributed by atoms with Crippen molar-refractivity contribution in [3.8, 4) is 11.5 Å². The number of halogens is 3. The molecule has 0 bridgehead atoms. The first kappa shape index (κ1) is 21.9. The molecule has 2 aromatic carbocycles. The summed E-state index contributed by atoms with van der Waals surface area (Å²) in [6, 6.07) is 15.2. The molecule has 1 aromatic heterocycles. The zero-order valence-electron chi connectivity index (χ0n) is 15.9. The summed E-state index contributed by atoms with van der Waals surface area (Å²) < 4.78 is 12.7. The van der Waals surface area contributed by atoms with Gasteiger partial charge in [0.2, 0.25) is 0 Å². The van der Waals surface area contributed by atoms with E-state index in [9.17, 15) is 0 Å². The first-order valence-electron chi connectivity index (χ1n) is 9.19. The molecule has 29 heavy (non-hydrogen) atoms.